The minimum Gasteiger partial charge on any atom is -0.382 e. The Balaban J connectivity index is 2.48. The molecule has 1 aliphatic heterocycles. The maximum absolute atomic E-state index is 13.6. The van der Waals surface area contributed by atoms with Crippen LogP contribution in [0.1, 0.15) is 18.5 Å². The maximum Gasteiger partial charge on any atom is 0.146 e. The number of hydrogen-bond acceptors (Lipinski definition) is 2. The van der Waals surface area contributed by atoms with Gasteiger partial charge in [-0.2, -0.15) is 0 Å². The van der Waals surface area contributed by atoms with Gasteiger partial charge < -0.3 is 10.2 Å². The summed E-state index contributed by atoms with van der Waals surface area (Å²) in [6, 6.07) is 5.60. The van der Waals surface area contributed by atoms with Gasteiger partial charge in [-0.3, -0.25) is 0 Å². The van der Waals surface area contributed by atoms with E-state index in [9.17, 15) is 4.39 Å². The third-order valence-electron chi connectivity index (χ3n) is 3.06. The van der Waals surface area contributed by atoms with Crippen molar-refractivity contribution in [1.29, 1.82) is 0 Å². The zero-order valence-electron chi connectivity index (χ0n) is 9.42. The van der Waals surface area contributed by atoms with Crippen LogP contribution in [0.25, 0.3) is 0 Å². The lowest BCUT2D eigenvalue weighted by Crippen LogP contribution is -2.34. The molecule has 0 aliphatic carbocycles. The van der Waals surface area contributed by atoms with Gasteiger partial charge >= 0.3 is 0 Å². The molecule has 1 aliphatic rings. The Bertz CT molecular complexity index is 363. The smallest absolute Gasteiger partial charge is 0.146 e. The highest BCUT2D eigenvalue weighted by Gasteiger charge is 2.29. The van der Waals surface area contributed by atoms with Crippen LogP contribution in [0.15, 0.2) is 18.2 Å². The van der Waals surface area contributed by atoms with Gasteiger partial charge in [-0.15, -0.1) is 0 Å². The molecule has 0 fully saturated rings. The highest BCUT2D eigenvalue weighted by atomic mass is 19.1. The van der Waals surface area contributed by atoms with Crippen LogP contribution < -0.4 is 5.32 Å². The largest absolute Gasteiger partial charge is 0.382 e. The number of benzene rings is 1. The number of halogens is 1. The Hall–Kier alpha value is -1.09. The molecule has 1 N–H and O–H groups in total. The lowest BCUT2D eigenvalue weighted by atomic mass is 9.88. The van der Waals surface area contributed by atoms with E-state index < -0.39 is 0 Å². The van der Waals surface area contributed by atoms with E-state index in [1.54, 1.807) is 6.07 Å². The number of nitrogens with one attached hydrogen (secondary N) is 1. The van der Waals surface area contributed by atoms with E-state index in [1.807, 2.05) is 20.2 Å². The molecule has 15 heavy (non-hydrogen) atoms. The molecule has 0 radical (unpaired) electrons. The SMILES string of the molecule is CC1CNc2c(F)cccc2C1N(C)C. The summed E-state index contributed by atoms with van der Waals surface area (Å²) < 4.78 is 13.6. The van der Waals surface area contributed by atoms with Crippen LogP contribution in [-0.4, -0.2) is 25.5 Å². The monoisotopic (exact) mass is 208 g/mol. The first kappa shape index (κ1) is 10.4. The molecular weight excluding hydrogens is 191 g/mol. The second-order valence-corrected chi connectivity index (χ2v) is 4.47. The third kappa shape index (κ3) is 1.72. The fourth-order valence-electron chi connectivity index (χ4n) is 2.44. The standard InChI is InChI=1S/C12H17FN2/c1-8-7-14-11-9(12(8)15(2)3)5-4-6-10(11)13/h4-6,8,12,14H,7H2,1-3H3. The Morgan fingerprint density at radius 1 is 1.40 bits per heavy atom. The van der Waals surface area contributed by atoms with E-state index in [-0.39, 0.29) is 5.82 Å². The second-order valence-electron chi connectivity index (χ2n) is 4.47. The second kappa shape index (κ2) is 3.81. The van der Waals surface area contributed by atoms with Crippen LogP contribution in [0.5, 0.6) is 0 Å². The lowest BCUT2D eigenvalue weighted by Gasteiger charge is -2.36. The predicted octanol–water partition coefficient (Wildman–Crippen LogP) is 2.49. The van der Waals surface area contributed by atoms with Crippen LogP contribution in [0.2, 0.25) is 0 Å². The summed E-state index contributed by atoms with van der Waals surface area (Å²) in [5.74, 6) is 0.348. The van der Waals surface area contributed by atoms with Crippen molar-refractivity contribution in [2.75, 3.05) is 26.0 Å². The molecule has 0 spiro atoms. The van der Waals surface area contributed by atoms with Gasteiger partial charge in [0.05, 0.1) is 5.69 Å². The number of para-hydroxylation sites is 1. The molecule has 1 aromatic rings. The van der Waals surface area contributed by atoms with E-state index in [0.29, 0.717) is 17.6 Å². The van der Waals surface area contributed by atoms with Gasteiger partial charge in [0.1, 0.15) is 5.82 Å². The van der Waals surface area contributed by atoms with Crippen molar-refractivity contribution in [2.24, 2.45) is 5.92 Å². The van der Waals surface area contributed by atoms with E-state index >= 15 is 0 Å². The molecule has 2 atom stereocenters. The number of fused-ring (bicyclic) bond motifs is 1. The summed E-state index contributed by atoms with van der Waals surface area (Å²) in [7, 11) is 4.09. The molecule has 0 bridgehead atoms. The average Bonchev–Trinajstić information content (AvgIpc) is 2.17. The maximum atomic E-state index is 13.6. The Kier molecular flexibility index (Phi) is 2.65. The summed E-state index contributed by atoms with van der Waals surface area (Å²) in [5.41, 5.74) is 1.74. The fraction of sp³-hybridized carbons (Fsp3) is 0.500. The van der Waals surface area contributed by atoms with Crippen molar-refractivity contribution >= 4 is 5.69 Å². The zero-order chi connectivity index (χ0) is 11.0. The molecular formula is C12H17FN2. The van der Waals surface area contributed by atoms with Crippen LogP contribution in [-0.2, 0) is 0 Å². The Morgan fingerprint density at radius 2 is 2.13 bits per heavy atom. The van der Waals surface area contributed by atoms with Crippen LogP contribution in [0.4, 0.5) is 10.1 Å². The highest BCUT2D eigenvalue weighted by Crippen LogP contribution is 2.37. The normalized spacial score (nSPS) is 24.9. The van der Waals surface area contributed by atoms with Gasteiger partial charge in [0.25, 0.3) is 0 Å². The summed E-state index contributed by atoms with van der Waals surface area (Å²) in [6.07, 6.45) is 0. The molecule has 2 rings (SSSR count). The first-order valence-electron chi connectivity index (χ1n) is 5.30. The van der Waals surface area contributed by atoms with Crippen molar-refractivity contribution in [3.8, 4) is 0 Å². The zero-order valence-corrected chi connectivity index (χ0v) is 9.42. The number of rotatable bonds is 1. The topological polar surface area (TPSA) is 15.3 Å². The first-order valence-corrected chi connectivity index (χ1v) is 5.30. The highest BCUT2D eigenvalue weighted by molar-refractivity contribution is 5.56. The minimum absolute atomic E-state index is 0.147. The van der Waals surface area contributed by atoms with Crippen molar-refractivity contribution in [2.45, 2.75) is 13.0 Å². The summed E-state index contributed by atoms with van der Waals surface area (Å²) >= 11 is 0. The molecule has 1 heterocycles. The van der Waals surface area contributed by atoms with Crippen LogP contribution in [0.3, 0.4) is 0 Å². The van der Waals surface area contributed by atoms with E-state index in [4.69, 9.17) is 0 Å². The predicted molar refractivity (Wildman–Crippen MR) is 60.5 cm³/mol. The molecule has 82 valence electrons. The van der Waals surface area contributed by atoms with Gasteiger partial charge in [0.2, 0.25) is 0 Å². The lowest BCUT2D eigenvalue weighted by molar-refractivity contribution is 0.224. The Morgan fingerprint density at radius 3 is 2.80 bits per heavy atom. The minimum atomic E-state index is -0.147. The van der Waals surface area contributed by atoms with E-state index in [0.717, 1.165) is 12.1 Å². The van der Waals surface area contributed by atoms with Gasteiger partial charge in [-0.05, 0) is 31.6 Å². The van der Waals surface area contributed by atoms with Gasteiger partial charge in [0.15, 0.2) is 0 Å². The quantitative estimate of drug-likeness (QED) is 0.762. The number of anilines is 1. The molecule has 1 aromatic carbocycles. The molecule has 0 saturated heterocycles. The molecule has 0 saturated carbocycles. The van der Waals surface area contributed by atoms with Gasteiger partial charge in [0, 0.05) is 12.6 Å². The molecule has 2 nitrogen and oxygen atoms in total. The van der Waals surface area contributed by atoms with Gasteiger partial charge in [-0.25, -0.2) is 4.39 Å². The molecule has 0 amide bonds. The third-order valence-corrected chi connectivity index (χ3v) is 3.06. The van der Waals surface area contributed by atoms with Crippen LogP contribution in [0, 0.1) is 11.7 Å². The van der Waals surface area contributed by atoms with Crippen molar-refractivity contribution in [1.82, 2.24) is 4.90 Å². The van der Waals surface area contributed by atoms with Gasteiger partial charge in [-0.1, -0.05) is 19.1 Å². The summed E-state index contributed by atoms with van der Waals surface area (Å²) in [5, 5.41) is 3.16. The molecule has 0 aromatic heterocycles. The fourth-order valence-corrected chi connectivity index (χ4v) is 2.44. The summed E-state index contributed by atoms with van der Waals surface area (Å²) in [4.78, 5) is 2.16. The van der Waals surface area contributed by atoms with Crippen LogP contribution >= 0.6 is 0 Å². The first-order chi connectivity index (χ1) is 7.11. The molecule has 3 heteroatoms. The van der Waals surface area contributed by atoms with Crippen molar-refractivity contribution < 1.29 is 4.39 Å². The van der Waals surface area contributed by atoms with Crippen molar-refractivity contribution in [3.63, 3.8) is 0 Å². The average molecular weight is 208 g/mol. The number of nitrogens with zero attached hydrogens (tertiary/aromatic N) is 1. The van der Waals surface area contributed by atoms with Crippen molar-refractivity contribution in [3.05, 3.63) is 29.6 Å². The summed E-state index contributed by atoms with van der Waals surface area (Å²) in [6.45, 7) is 3.02. The molecule has 2 unspecified atom stereocenters. The Labute approximate surface area is 90.1 Å². The number of hydrogen-bond donors (Lipinski definition) is 1. The van der Waals surface area contributed by atoms with E-state index in [2.05, 4.69) is 17.1 Å². The van der Waals surface area contributed by atoms with E-state index in [1.165, 1.54) is 6.07 Å².